The SMILES string of the molecule is C1CCC2(CC1)CCCN=N2. The summed E-state index contributed by atoms with van der Waals surface area (Å²) < 4.78 is 0. The van der Waals surface area contributed by atoms with Crippen molar-refractivity contribution in [2.24, 2.45) is 10.2 Å². The van der Waals surface area contributed by atoms with Gasteiger partial charge in [-0.05, 0) is 25.7 Å². The van der Waals surface area contributed by atoms with Gasteiger partial charge in [-0.25, -0.2) is 0 Å². The summed E-state index contributed by atoms with van der Waals surface area (Å²) in [7, 11) is 0. The summed E-state index contributed by atoms with van der Waals surface area (Å²) in [6.07, 6.45) is 9.34. The largest absolute Gasteiger partial charge is 0.194 e. The van der Waals surface area contributed by atoms with Crippen LogP contribution in [0, 0.1) is 0 Å². The molecule has 2 aliphatic rings. The van der Waals surface area contributed by atoms with Crippen LogP contribution < -0.4 is 0 Å². The molecule has 2 nitrogen and oxygen atoms in total. The van der Waals surface area contributed by atoms with Crippen molar-refractivity contribution < 1.29 is 0 Å². The van der Waals surface area contributed by atoms with Gasteiger partial charge in [-0.15, -0.1) is 0 Å². The molecule has 0 saturated heterocycles. The lowest BCUT2D eigenvalue weighted by Gasteiger charge is -2.34. The van der Waals surface area contributed by atoms with E-state index in [2.05, 4.69) is 10.2 Å². The monoisotopic (exact) mass is 152 g/mol. The van der Waals surface area contributed by atoms with E-state index in [9.17, 15) is 0 Å². The lowest BCUT2D eigenvalue weighted by atomic mass is 9.79. The summed E-state index contributed by atoms with van der Waals surface area (Å²) in [6.45, 7) is 0.974. The van der Waals surface area contributed by atoms with Crippen LogP contribution in [0.5, 0.6) is 0 Å². The predicted molar refractivity (Wildman–Crippen MR) is 44.8 cm³/mol. The first kappa shape index (κ1) is 7.26. The molecule has 0 amide bonds. The van der Waals surface area contributed by atoms with Crippen molar-refractivity contribution in [3.8, 4) is 0 Å². The Morgan fingerprint density at radius 1 is 0.818 bits per heavy atom. The first-order valence-electron chi connectivity index (χ1n) is 4.80. The van der Waals surface area contributed by atoms with Crippen LogP contribution in [0.1, 0.15) is 44.9 Å². The molecule has 0 unspecified atom stereocenters. The highest BCUT2D eigenvalue weighted by atomic mass is 15.2. The van der Waals surface area contributed by atoms with Gasteiger partial charge in [-0.1, -0.05) is 19.3 Å². The average Bonchev–Trinajstić information content (AvgIpc) is 2.07. The zero-order valence-electron chi connectivity index (χ0n) is 7.05. The first-order chi connectivity index (χ1) is 5.41. The molecule has 1 aliphatic carbocycles. The second-order valence-corrected chi connectivity index (χ2v) is 3.85. The number of rotatable bonds is 0. The Morgan fingerprint density at radius 2 is 1.55 bits per heavy atom. The quantitative estimate of drug-likeness (QED) is 0.510. The molecule has 0 radical (unpaired) electrons. The fourth-order valence-corrected chi connectivity index (χ4v) is 2.29. The van der Waals surface area contributed by atoms with E-state index in [1.807, 2.05) is 0 Å². The Labute approximate surface area is 68.1 Å². The zero-order chi connectivity index (χ0) is 7.57. The van der Waals surface area contributed by atoms with Gasteiger partial charge in [0.25, 0.3) is 0 Å². The molecule has 0 aromatic rings. The number of azo groups is 1. The van der Waals surface area contributed by atoms with Crippen molar-refractivity contribution in [1.29, 1.82) is 0 Å². The van der Waals surface area contributed by atoms with Crippen LogP contribution in [0.15, 0.2) is 10.2 Å². The van der Waals surface area contributed by atoms with Crippen molar-refractivity contribution in [2.75, 3.05) is 6.54 Å². The molecular weight excluding hydrogens is 136 g/mol. The fourth-order valence-electron chi connectivity index (χ4n) is 2.29. The van der Waals surface area contributed by atoms with Crippen molar-refractivity contribution in [3.63, 3.8) is 0 Å². The first-order valence-corrected chi connectivity index (χ1v) is 4.80. The molecule has 0 aromatic carbocycles. The van der Waals surface area contributed by atoms with Gasteiger partial charge in [0.2, 0.25) is 0 Å². The molecule has 1 fully saturated rings. The van der Waals surface area contributed by atoms with E-state index < -0.39 is 0 Å². The van der Waals surface area contributed by atoms with Gasteiger partial charge in [0, 0.05) is 0 Å². The molecule has 1 heterocycles. The lowest BCUT2D eigenvalue weighted by Crippen LogP contribution is -2.31. The third kappa shape index (κ3) is 1.44. The summed E-state index contributed by atoms with van der Waals surface area (Å²) in [5.74, 6) is 0. The van der Waals surface area contributed by atoms with Crippen LogP contribution in [0.25, 0.3) is 0 Å². The van der Waals surface area contributed by atoms with E-state index >= 15 is 0 Å². The molecule has 0 bridgehead atoms. The molecule has 1 saturated carbocycles. The Bertz CT molecular complexity index is 157. The van der Waals surface area contributed by atoms with Gasteiger partial charge >= 0.3 is 0 Å². The van der Waals surface area contributed by atoms with Gasteiger partial charge in [0.1, 0.15) is 0 Å². The molecule has 2 heteroatoms. The predicted octanol–water partition coefficient (Wildman–Crippen LogP) is 2.94. The zero-order valence-corrected chi connectivity index (χ0v) is 7.05. The Kier molecular flexibility index (Phi) is 1.93. The summed E-state index contributed by atoms with van der Waals surface area (Å²) in [6, 6.07) is 0. The lowest BCUT2D eigenvalue weighted by molar-refractivity contribution is 0.246. The standard InChI is InChI=1S/C9H16N2/c1-2-5-9(6-3-1)7-4-8-10-11-9/h1-8H2. The third-order valence-electron chi connectivity index (χ3n) is 2.97. The van der Waals surface area contributed by atoms with Crippen LogP contribution in [-0.4, -0.2) is 12.1 Å². The fraction of sp³-hybridized carbons (Fsp3) is 1.00. The maximum atomic E-state index is 4.45. The maximum Gasteiger partial charge on any atom is 0.0816 e. The number of hydrogen-bond donors (Lipinski definition) is 0. The average molecular weight is 152 g/mol. The van der Waals surface area contributed by atoms with Gasteiger partial charge < -0.3 is 0 Å². The highest BCUT2D eigenvalue weighted by Gasteiger charge is 2.32. The van der Waals surface area contributed by atoms with Gasteiger partial charge in [0.15, 0.2) is 0 Å². The van der Waals surface area contributed by atoms with Gasteiger partial charge in [-0.3, -0.25) is 0 Å². The second-order valence-electron chi connectivity index (χ2n) is 3.85. The third-order valence-corrected chi connectivity index (χ3v) is 2.97. The van der Waals surface area contributed by atoms with Crippen LogP contribution in [0.2, 0.25) is 0 Å². The Morgan fingerprint density at radius 3 is 2.18 bits per heavy atom. The van der Waals surface area contributed by atoms with Crippen molar-refractivity contribution in [3.05, 3.63) is 0 Å². The van der Waals surface area contributed by atoms with E-state index in [0.29, 0.717) is 5.54 Å². The maximum absolute atomic E-state index is 4.45. The molecule has 0 N–H and O–H groups in total. The summed E-state index contributed by atoms with van der Waals surface area (Å²) in [4.78, 5) is 0. The minimum Gasteiger partial charge on any atom is -0.194 e. The summed E-state index contributed by atoms with van der Waals surface area (Å²) in [5, 5.41) is 8.62. The highest BCUT2D eigenvalue weighted by molar-refractivity contribution is 4.91. The van der Waals surface area contributed by atoms with E-state index in [-0.39, 0.29) is 0 Å². The smallest absolute Gasteiger partial charge is 0.0816 e. The molecule has 62 valence electrons. The minimum absolute atomic E-state index is 0.316. The van der Waals surface area contributed by atoms with Crippen LogP contribution in [0.3, 0.4) is 0 Å². The Balaban J connectivity index is 2.06. The molecule has 1 spiro atoms. The van der Waals surface area contributed by atoms with Gasteiger partial charge in [0.05, 0.1) is 12.1 Å². The number of hydrogen-bond acceptors (Lipinski definition) is 2. The highest BCUT2D eigenvalue weighted by Crippen LogP contribution is 2.37. The normalized spacial score (nSPS) is 29.1. The van der Waals surface area contributed by atoms with Crippen LogP contribution in [-0.2, 0) is 0 Å². The van der Waals surface area contributed by atoms with E-state index in [1.54, 1.807) is 0 Å². The second kappa shape index (κ2) is 2.92. The van der Waals surface area contributed by atoms with E-state index in [4.69, 9.17) is 0 Å². The van der Waals surface area contributed by atoms with E-state index in [1.165, 1.54) is 44.9 Å². The number of nitrogens with zero attached hydrogens (tertiary/aromatic N) is 2. The van der Waals surface area contributed by atoms with Crippen molar-refractivity contribution >= 4 is 0 Å². The van der Waals surface area contributed by atoms with E-state index in [0.717, 1.165) is 6.54 Å². The topological polar surface area (TPSA) is 24.7 Å². The molecular formula is C9H16N2. The summed E-state index contributed by atoms with van der Waals surface area (Å²) >= 11 is 0. The van der Waals surface area contributed by atoms with Crippen LogP contribution in [0.4, 0.5) is 0 Å². The Hall–Kier alpha value is -0.400. The minimum atomic E-state index is 0.316. The van der Waals surface area contributed by atoms with Crippen LogP contribution >= 0.6 is 0 Å². The molecule has 1 aliphatic heterocycles. The van der Waals surface area contributed by atoms with Gasteiger partial charge in [-0.2, -0.15) is 10.2 Å². The van der Waals surface area contributed by atoms with Crippen molar-refractivity contribution in [1.82, 2.24) is 0 Å². The van der Waals surface area contributed by atoms with Crippen molar-refractivity contribution in [2.45, 2.75) is 50.5 Å². The molecule has 0 atom stereocenters. The summed E-state index contributed by atoms with van der Waals surface area (Å²) in [5.41, 5.74) is 0.316. The molecule has 2 rings (SSSR count). The molecule has 0 aromatic heterocycles. The molecule has 11 heavy (non-hydrogen) atoms.